The van der Waals surface area contributed by atoms with Gasteiger partial charge in [0.05, 0.1) is 0 Å². The van der Waals surface area contributed by atoms with E-state index in [1.165, 1.54) is 0 Å². The van der Waals surface area contributed by atoms with Gasteiger partial charge in [-0.25, -0.2) is 4.99 Å². The van der Waals surface area contributed by atoms with Crippen molar-refractivity contribution in [2.45, 2.75) is 20.3 Å². The van der Waals surface area contributed by atoms with Gasteiger partial charge in [0.15, 0.2) is 0 Å². The Morgan fingerprint density at radius 1 is 1.50 bits per heavy atom. The smallest absolute Gasteiger partial charge is 0.211 e. The summed E-state index contributed by atoms with van der Waals surface area (Å²) in [6.07, 6.45) is 10.0. The molecule has 0 radical (unpaired) electrons. The Morgan fingerprint density at radius 3 is 2.71 bits per heavy atom. The van der Waals surface area contributed by atoms with Crippen molar-refractivity contribution in [3.63, 3.8) is 0 Å². The second-order valence-electron chi connectivity index (χ2n) is 2.49. The molecular weight excluding hydrogens is 174 g/mol. The minimum Gasteiger partial charge on any atom is -0.440 e. The Kier molecular flexibility index (Phi) is 7.15. The third-order valence-electron chi connectivity index (χ3n) is 1.34. The summed E-state index contributed by atoms with van der Waals surface area (Å²) in [5, 5.41) is 0. The summed E-state index contributed by atoms with van der Waals surface area (Å²) in [5.74, 6) is 1.01. The molecule has 0 aromatic heterocycles. The van der Waals surface area contributed by atoms with Crippen molar-refractivity contribution in [2.75, 3.05) is 0 Å². The van der Waals surface area contributed by atoms with Crippen LogP contribution in [-0.2, 0) is 4.74 Å². The van der Waals surface area contributed by atoms with Crippen LogP contribution >= 0.6 is 0 Å². The first-order valence-corrected chi connectivity index (χ1v) is 4.59. The molecule has 0 aromatic rings. The molecule has 0 saturated heterocycles. The molecule has 2 nitrogen and oxygen atoms in total. The molecule has 0 spiro atoms. The summed E-state index contributed by atoms with van der Waals surface area (Å²) in [7, 11) is 0. The second kappa shape index (κ2) is 8.05. The maximum Gasteiger partial charge on any atom is 0.211 e. The number of allylic oxidation sites excluding steroid dienone is 4. The maximum atomic E-state index is 5.29. The van der Waals surface area contributed by atoms with Crippen molar-refractivity contribution in [1.29, 1.82) is 0 Å². The third kappa shape index (κ3) is 6.00. The highest BCUT2D eigenvalue weighted by Gasteiger charge is 1.92. The van der Waals surface area contributed by atoms with Crippen LogP contribution in [0.1, 0.15) is 20.3 Å². The number of ether oxygens (including phenoxy) is 1. The molecule has 14 heavy (non-hydrogen) atoms. The predicted octanol–water partition coefficient (Wildman–Crippen LogP) is 3.60. The fraction of sp³-hybridized carbons (Fsp3) is 0.250. The largest absolute Gasteiger partial charge is 0.440 e. The molecule has 0 heterocycles. The third-order valence-corrected chi connectivity index (χ3v) is 1.34. The van der Waals surface area contributed by atoms with Crippen LogP contribution < -0.4 is 0 Å². The van der Waals surface area contributed by atoms with E-state index < -0.39 is 0 Å². The second-order valence-corrected chi connectivity index (χ2v) is 2.49. The van der Waals surface area contributed by atoms with Crippen molar-refractivity contribution in [2.24, 2.45) is 4.99 Å². The van der Waals surface area contributed by atoms with E-state index in [9.17, 15) is 0 Å². The Morgan fingerprint density at radius 2 is 2.21 bits per heavy atom. The Bertz CT molecular complexity index is 272. The van der Waals surface area contributed by atoms with Crippen LogP contribution in [-0.4, -0.2) is 6.21 Å². The number of nitrogens with zero attached hydrogens (tertiary/aromatic N) is 1. The van der Waals surface area contributed by atoms with Gasteiger partial charge in [-0.3, -0.25) is 0 Å². The van der Waals surface area contributed by atoms with Gasteiger partial charge in [-0.15, -0.1) is 0 Å². The summed E-state index contributed by atoms with van der Waals surface area (Å²) in [4.78, 5) is 3.89. The lowest BCUT2D eigenvalue weighted by Crippen LogP contribution is -1.86. The highest BCUT2D eigenvalue weighted by molar-refractivity contribution is 5.54. The SMILES string of the molecule is C=C/C(=C/C=C\CC)OC(=C)/N=C\C. The van der Waals surface area contributed by atoms with Crippen LogP contribution in [0.3, 0.4) is 0 Å². The summed E-state index contributed by atoms with van der Waals surface area (Å²) >= 11 is 0. The molecule has 0 aliphatic heterocycles. The zero-order chi connectivity index (χ0) is 10.8. The quantitative estimate of drug-likeness (QED) is 0.357. The minimum absolute atomic E-state index is 0.364. The predicted molar refractivity (Wildman–Crippen MR) is 62.1 cm³/mol. The molecule has 0 aliphatic carbocycles. The van der Waals surface area contributed by atoms with E-state index in [0.717, 1.165) is 6.42 Å². The van der Waals surface area contributed by atoms with Gasteiger partial charge in [-0.05, 0) is 32.1 Å². The molecule has 0 bridgehead atoms. The van der Waals surface area contributed by atoms with E-state index >= 15 is 0 Å². The van der Waals surface area contributed by atoms with Gasteiger partial charge in [0, 0.05) is 6.21 Å². The van der Waals surface area contributed by atoms with E-state index in [4.69, 9.17) is 4.74 Å². The first kappa shape index (κ1) is 12.4. The van der Waals surface area contributed by atoms with Crippen molar-refractivity contribution in [1.82, 2.24) is 0 Å². The van der Waals surface area contributed by atoms with Crippen LogP contribution in [0.5, 0.6) is 0 Å². The van der Waals surface area contributed by atoms with Crippen LogP contribution in [0.15, 0.2) is 54.1 Å². The van der Waals surface area contributed by atoms with Crippen LogP contribution in [0, 0.1) is 0 Å². The standard InChI is InChI=1S/C12H17NO/c1-5-8-9-10-12(6-2)14-11(4)13-7-3/h6-10H,2,4-5H2,1,3H3/b9-8-,12-10-,13-7-. The molecule has 76 valence electrons. The van der Waals surface area contributed by atoms with Gasteiger partial charge in [0.25, 0.3) is 0 Å². The van der Waals surface area contributed by atoms with Gasteiger partial charge >= 0.3 is 0 Å². The van der Waals surface area contributed by atoms with Crippen molar-refractivity contribution < 1.29 is 4.74 Å². The highest BCUT2D eigenvalue weighted by Crippen LogP contribution is 2.06. The first-order chi connectivity index (χ1) is 6.74. The minimum atomic E-state index is 0.364. The molecular formula is C12H17NO. The van der Waals surface area contributed by atoms with Crippen molar-refractivity contribution >= 4 is 6.21 Å². The number of rotatable bonds is 6. The number of aliphatic imine (C=N–C) groups is 1. The number of hydrogen-bond donors (Lipinski definition) is 0. The zero-order valence-electron chi connectivity index (χ0n) is 8.86. The molecule has 0 amide bonds. The molecule has 0 atom stereocenters. The first-order valence-electron chi connectivity index (χ1n) is 4.59. The van der Waals surface area contributed by atoms with E-state index in [0.29, 0.717) is 11.6 Å². The lowest BCUT2D eigenvalue weighted by molar-refractivity contribution is 0.320. The Balaban J connectivity index is 4.28. The molecule has 0 saturated carbocycles. The highest BCUT2D eigenvalue weighted by atomic mass is 16.5. The topological polar surface area (TPSA) is 21.6 Å². The lowest BCUT2D eigenvalue weighted by Gasteiger charge is -2.03. The lowest BCUT2D eigenvalue weighted by atomic mass is 10.3. The van der Waals surface area contributed by atoms with Crippen molar-refractivity contribution in [3.05, 3.63) is 49.1 Å². The monoisotopic (exact) mass is 191 g/mol. The zero-order valence-corrected chi connectivity index (χ0v) is 8.86. The Hall–Kier alpha value is -1.57. The average molecular weight is 191 g/mol. The van der Waals surface area contributed by atoms with Crippen molar-refractivity contribution in [3.8, 4) is 0 Å². The van der Waals surface area contributed by atoms with Crippen LogP contribution in [0.25, 0.3) is 0 Å². The molecule has 0 N–H and O–H groups in total. The van der Waals surface area contributed by atoms with Gasteiger partial charge < -0.3 is 4.74 Å². The van der Waals surface area contributed by atoms with Crippen LogP contribution in [0.2, 0.25) is 0 Å². The number of hydrogen-bond acceptors (Lipinski definition) is 2. The summed E-state index contributed by atoms with van der Waals surface area (Å²) in [6.45, 7) is 11.1. The maximum absolute atomic E-state index is 5.29. The fourth-order valence-electron chi connectivity index (χ4n) is 0.749. The van der Waals surface area contributed by atoms with E-state index in [-0.39, 0.29) is 0 Å². The van der Waals surface area contributed by atoms with Gasteiger partial charge in [-0.1, -0.05) is 25.7 Å². The van der Waals surface area contributed by atoms with Gasteiger partial charge in [0.2, 0.25) is 5.88 Å². The van der Waals surface area contributed by atoms with E-state index in [2.05, 4.69) is 25.1 Å². The summed E-state index contributed by atoms with van der Waals surface area (Å²) in [6, 6.07) is 0. The molecule has 0 unspecified atom stereocenters. The summed E-state index contributed by atoms with van der Waals surface area (Å²) < 4.78 is 5.29. The fourth-order valence-corrected chi connectivity index (χ4v) is 0.749. The Labute approximate surface area is 86.0 Å². The van der Waals surface area contributed by atoms with E-state index in [1.54, 1.807) is 12.3 Å². The van der Waals surface area contributed by atoms with Crippen LogP contribution in [0.4, 0.5) is 0 Å². The average Bonchev–Trinajstić information content (AvgIpc) is 2.17. The molecule has 2 heteroatoms. The van der Waals surface area contributed by atoms with Gasteiger partial charge in [-0.2, -0.15) is 0 Å². The molecule has 0 aromatic carbocycles. The van der Waals surface area contributed by atoms with E-state index in [1.807, 2.05) is 25.2 Å². The normalized spacial score (nSPS) is 12.3. The molecule has 0 aliphatic rings. The summed E-state index contributed by atoms with van der Waals surface area (Å²) in [5.41, 5.74) is 0. The molecule has 0 rings (SSSR count). The molecule has 0 fully saturated rings. The van der Waals surface area contributed by atoms with Gasteiger partial charge in [0.1, 0.15) is 5.76 Å².